The molecule has 0 unspecified atom stereocenters. The number of hydrogen-bond acceptors (Lipinski definition) is 6. The van der Waals surface area contributed by atoms with Crippen molar-refractivity contribution in [3.8, 4) is 0 Å². The lowest BCUT2D eigenvalue weighted by atomic mass is 10.1. The van der Waals surface area contributed by atoms with Crippen LogP contribution in [-0.4, -0.2) is 53.6 Å². The summed E-state index contributed by atoms with van der Waals surface area (Å²) in [5.41, 5.74) is 2.36. The van der Waals surface area contributed by atoms with Crippen molar-refractivity contribution in [2.45, 2.75) is 30.1 Å². The molecule has 0 aliphatic carbocycles. The standard InChI is InChI=1S/C20H26O7S2/c1-16-3-6-19(7-4-16)28(21,22)14-13-27-12-11-26-10-9-18-15-17(2)5-8-20(18)29(23,24)25/h3-8,15H,9-14H2,1-2H3,(H,23,24,25). The predicted molar refractivity (Wildman–Crippen MR) is 110 cm³/mol. The zero-order chi connectivity index (χ0) is 21.5. The molecule has 0 saturated heterocycles. The van der Waals surface area contributed by atoms with Gasteiger partial charge < -0.3 is 9.47 Å². The molecular formula is C20H26O7S2. The van der Waals surface area contributed by atoms with E-state index in [9.17, 15) is 21.4 Å². The molecule has 160 valence electrons. The van der Waals surface area contributed by atoms with Crippen LogP contribution < -0.4 is 0 Å². The summed E-state index contributed by atoms with van der Waals surface area (Å²) in [5.74, 6) is -0.114. The van der Waals surface area contributed by atoms with E-state index in [1.165, 1.54) is 6.07 Å². The van der Waals surface area contributed by atoms with Gasteiger partial charge in [0.05, 0.1) is 42.0 Å². The summed E-state index contributed by atoms with van der Waals surface area (Å²) in [6.45, 7) is 4.50. The highest BCUT2D eigenvalue weighted by Crippen LogP contribution is 2.18. The summed E-state index contributed by atoms with van der Waals surface area (Å²) in [4.78, 5) is 0.153. The van der Waals surface area contributed by atoms with Crippen molar-refractivity contribution in [3.05, 3.63) is 59.2 Å². The molecule has 0 spiro atoms. The molecule has 0 heterocycles. The molecule has 2 rings (SSSR count). The number of rotatable bonds is 11. The first kappa shape index (κ1) is 23.5. The van der Waals surface area contributed by atoms with Crippen LogP contribution in [0.15, 0.2) is 52.3 Å². The largest absolute Gasteiger partial charge is 0.379 e. The van der Waals surface area contributed by atoms with Gasteiger partial charge in [-0.15, -0.1) is 0 Å². The highest BCUT2D eigenvalue weighted by Gasteiger charge is 2.15. The van der Waals surface area contributed by atoms with Crippen LogP contribution in [-0.2, 0) is 35.8 Å². The van der Waals surface area contributed by atoms with Crippen molar-refractivity contribution < 1.29 is 30.9 Å². The predicted octanol–water partition coefficient (Wildman–Crippen LogP) is 2.60. The van der Waals surface area contributed by atoms with Crippen molar-refractivity contribution in [3.63, 3.8) is 0 Å². The van der Waals surface area contributed by atoms with E-state index in [4.69, 9.17) is 9.47 Å². The van der Waals surface area contributed by atoms with Crippen LogP contribution in [0.3, 0.4) is 0 Å². The van der Waals surface area contributed by atoms with Crippen LogP contribution in [0.1, 0.15) is 16.7 Å². The fraction of sp³-hybridized carbons (Fsp3) is 0.400. The van der Waals surface area contributed by atoms with Crippen LogP contribution in [0.2, 0.25) is 0 Å². The van der Waals surface area contributed by atoms with Crippen molar-refractivity contribution in [1.82, 2.24) is 0 Å². The maximum Gasteiger partial charge on any atom is 0.294 e. The molecule has 2 aromatic rings. The summed E-state index contributed by atoms with van der Waals surface area (Å²) < 4.78 is 67.3. The van der Waals surface area contributed by atoms with Gasteiger partial charge in [0, 0.05) is 0 Å². The minimum absolute atomic E-state index is 0.0599. The Labute approximate surface area is 172 Å². The average Bonchev–Trinajstić information content (AvgIpc) is 2.63. The second-order valence-electron chi connectivity index (χ2n) is 6.69. The number of sulfone groups is 1. The fourth-order valence-electron chi connectivity index (χ4n) is 2.69. The number of benzene rings is 2. The third kappa shape index (κ3) is 7.52. The van der Waals surface area contributed by atoms with Gasteiger partial charge >= 0.3 is 0 Å². The van der Waals surface area contributed by atoms with Crippen LogP contribution in [0, 0.1) is 13.8 Å². The van der Waals surface area contributed by atoms with E-state index in [0.29, 0.717) is 12.0 Å². The molecule has 7 nitrogen and oxygen atoms in total. The Balaban J connectivity index is 1.69. The molecule has 0 aliphatic heterocycles. The summed E-state index contributed by atoms with van der Waals surface area (Å²) in [6, 6.07) is 11.4. The second kappa shape index (κ2) is 10.3. The molecule has 2 aromatic carbocycles. The Morgan fingerprint density at radius 3 is 2.00 bits per heavy atom. The molecule has 0 aromatic heterocycles. The van der Waals surface area contributed by atoms with Crippen LogP contribution >= 0.6 is 0 Å². The second-order valence-corrected chi connectivity index (χ2v) is 10.2. The van der Waals surface area contributed by atoms with E-state index in [0.717, 1.165) is 11.1 Å². The van der Waals surface area contributed by atoms with Gasteiger partial charge in [-0.3, -0.25) is 4.55 Å². The monoisotopic (exact) mass is 442 g/mol. The van der Waals surface area contributed by atoms with Crippen molar-refractivity contribution in [2.24, 2.45) is 0 Å². The lowest BCUT2D eigenvalue weighted by Gasteiger charge is -2.10. The first-order valence-electron chi connectivity index (χ1n) is 9.11. The van der Waals surface area contributed by atoms with E-state index in [1.807, 2.05) is 13.8 Å². The highest BCUT2D eigenvalue weighted by atomic mass is 32.2. The molecule has 29 heavy (non-hydrogen) atoms. The SMILES string of the molecule is Cc1ccc(S(=O)(=O)CCOCCOCCc2cc(C)ccc2S(=O)(=O)O)cc1. The van der Waals surface area contributed by atoms with Gasteiger partial charge in [-0.25, -0.2) is 8.42 Å². The number of hydrogen-bond donors (Lipinski definition) is 1. The minimum atomic E-state index is -4.28. The smallest absolute Gasteiger partial charge is 0.294 e. The highest BCUT2D eigenvalue weighted by molar-refractivity contribution is 7.91. The zero-order valence-electron chi connectivity index (χ0n) is 16.5. The van der Waals surface area contributed by atoms with E-state index in [-0.39, 0.29) is 42.0 Å². The van der Waals surface area contributed by atoms with E-state index < -0.39 is 20.0 Å². The maximum atomic E-state index is 12.2. The van der Waals surface area contributed by atoms with Crippen molar-refractivity contribution >= 4 is 20.0 Å². The summed E-state index contributed by atoms with van der Waals surface area (Å²) >= 11 is 0. The normalized spacial score (nSPS) is 12.2. The molecule has 1 N–H and O–H groups in total. The molecule has 0 bridgehead atoms. The summed E-state index contributed by atoms with van der Waals surface area (Å²) in [6.07, 6.45) is 0.318. The number of aryl methyl sites for hydroxylation is 2. The van der Waals surface area contributed by atoms with E-state index >= 15 is 0 Å². The molecular weight excluding hydrogens is 416 g/mol. The first-order chi connectivity index (χ1) is 13.6. The Kier molecular flexibility index (Phi) is 8.35. The van der Waals surface area contributed by atoms with Gasteiger partial charge in [0.2, 0.25) is 0 Å². The summed E-state index contributed by atoms with van der Waals surface area (Å²) in [7, 11) is -7.66. The molecule has 0 amide bonds. The van der Waals surface area contributed by atoms with Gasteiger partial charge in [-0.2, -0.15) is 8.42 Å². The Morgan fingerprint density at radius 2 is 1.38 bits per heavy atom. The Bertz CT molecular complexity index is 1010. The number of ether oxygens (including phenoxy) is 2. The van der Waals surface area contributed by atoms with Crippen molar-refractivity contribution in [2.75, 3.05) is 32.2 Å². The average molecular weight is 443 g/mol. The summed E-state index contributed by atoms with van der Waals surface area (Å²) in [5, 5.41) is 0. The van der Waals surface area contributed by atoms with Gasteiger partial charge in [-0.05, 0) is 44.0 Å². The lowest BCUT2D eigenvalue weighted by Crippen LogP contribution is -2.15. The molecule has 9 heteroatoms. The molecule has 0 aliphatic rings. The van der Waals surface area contributed by atoms with Crippen LogP contribution in [0.5, 0.6) is 0 Å². The zero-order valence-corrected chi connectivity index (χ0v) is 18.1. The van der Waals surface area contributed by atoms with Gasteiger partial charge in [0.1, 0.15) is 0 Å². The third-order valence-electron chi connectivity index (χ3n) is 4.26. The lowest BCUT2D eigenvalue weighted by molar-refractivity contribution is 0.0546. The van der Waals surface area contributed by atoms with Crippen LogP contribution in [0.25, 0.3) is 0 Å². The molecule has 0 saturated carbocycles. The quantitative estimate of drug-likeness (QED) is 0.421. The minimum Gasteiger partial charge on any atom is -0.379 e. The van der Waals surface area contributed by atoms with E-state index in [2.05, 4.69) is 0 Å². The van der Waals surface area contributed by atoms with Gasteiger partial charge in [0.25, 0.3) is 10.1 Å². The molecule has 0 atom stereocenters. The van der Waals surface area contributed by atoms with Crippen molar-refractivity contribution in [1.29, 1.82) is 0 Å². The first-order valence-corrected chi connectivity index (χ1v) is 12.2. The molecule has 0 fully saturated rings. The van der Waals surface area contributed by atoms with Gasteiger partial charge in [-0.1, -0.05) is 35.4 Å². The van der Waals surface area contributed by atoms with E-state index in [1.54, 1.807) is 36.4 Å². The fourth-order valence-corrected chi connectivity index (χ4v) is 4.55. The maximum absolute atomic E-state index is 12.2. The van der Waals surface area contributed by atoms with Gasteiger partial charge in [0.15, 0.2) is 9.84 Å². The Morgan fingerprint density at radius 1 is 0.793 bits per heavy atom. The third-order valence-corrected chi connectivity index (χ3v) is 6.91. The topological polar surface area (TPSA) is 107 Å². The Hall–Kier alpha value is -1.78. The molecule has 0 radical (unpaired) electrons. The van der Waals surface area contributed by atoms with Crippen LogP contribution in [0.4, 0.5) is 0 Å².